The Morgan fingerprint density at radius 2 is 2.13 bits per heavy atom. The molecule has 80 valence electrons. The molecule has 0 heterocycles. The smallest absolute Gasteiger partial charge is 0.248 e. The molecule has 4 N–H and O–H groups in total. The van der Waals surface area contributed by atoms with Gasteiger partial charge in [0.2, 0.25) is 5.91 Å². The number of primary amides is 1. The summed E-state index contributed by atoms with van der Waals surface area (Å²) < 4.78 is 5.64. The molecule has 1 aromatic carbocycles. The fourth-order valence-electron chi connectivity index (χ4n) is 1.46. The van der Waals surface area contributed by atoms with Gasteiger partial charge in [0.1, 0.15) is 5.75 Å². The van der Waals surface area contributed by atoms with Crippen molar-refractivity contribution in [2.75, 3.05) is 5.73 Å². The Balaban J connectivity index is 2.19. The maximum atomic E-state index is 11.0. The van der Waals surface area contributed by atoms with E-state index in [1.807, 2.05) is 0 Å². The standard InChI is InChI=1S/C11H14N2O2/c12-9-5-4-7(11(13)14)6-10(9)15-8-2-1-3-8/h4-6,8H,1-3,12H2,(H2,13,14). The van der Waals surface area contributed by atoms with Gasteiger partial charge < -0.3 is 16.2 Å². The monoisotopic (exact) mass is 206 g/mol. The highest BCUT2D eigenvalue weighted by Gasteiger charge is 2.20. The molecule has 2 rings (SSSR count). The Labute approximate surface area is 88.2 Å². The zero-order chi connectivity index (χ0) is 10.8. The summed E-state index contributed by atoms with van der Waals surface area (Å²) in [5, 5.41) is 0. The van der Waals surface area contributed by atoms with Gasteiger partial charge in [-0.2, -0.15) is 0 Å². The minimum atomic E-state index is -0.464. The van der Waals surface area contributed by atoms with Gasteiger partial charge in [0.25, 0.3) is 0 Å². The lowest BCUT2D eigenvalue weighted by atomic mass is 9.96. The van der Waals surface area contributed by atoms with Gasteiger partial charge in [0, 0.05) is 5.56 Å². The number of ether oxygens (including phenoxy) is 1. The van der Waals surface area contributed by atoms with E-state index in [-0.39, 0.29) is 6.10 Å². The number of nitrogen functional groups attached to an aromatic ring is 1. The van der Waals surface area contributed by atoms with Crippen LogP contribution in [0.1, 0.15) is 29.6 Å². The molecule has 4 nitrogen and oxygen atoms in total. The second kappa shape index (κ2) is 3.81. The second-order valence-corrected chi connectivity index (χ2v) is 3.79. The number of amides is 1. The van der Waals surface area contributed by atoms with Gasteiger partial charge in [-0.25, -0.2) is 0 Å². The lowest BCUT2D eigenvalue weighted by Crippen LogP contribution is -2.25. The molecule has 1 amide bonds. The average molecular weight is 206 g/mol. The first-order chi connectivity index (χ1) is 7.16. The predicted octanol–water partition coefficient (Wildman–Crippen LogP) is 1.30. The second-order valence-electron chi connectivity index (χ2n) is 3.79. The Kier molecular flexibility index (Phi) is 2.49. The molecule has 1 fully saturated rings. The maximum Gasteiger partial charge on any atom is 0.248 e. The summed E-state index contributed by atoms with van der Waals surface area (Å²) in [5.41, 5.74) is 11.9. The molecule has 4 heteroatoms. The van der Waals surface area contributed by atoms with Crippen LogP contribution in [-0.2, 0) is 0 Å². The first kappa shape index (κ1) is 9.83. The SMILES string of the molecule is NC(=O)c1ccc(N)c(OC2CCC2)c1. The first-order valence-corrected chi connectivity index (χ1v) is 5.03. The zero-order valence-corrected chi connectivity index (χ0v) is 8.40. The van der Waals surface area contributed by atoms with Crippen LogP contribution in [0.5, 0.6) is 5.75 Å². The highest BCUT2D eigenvalue weighted by atomic mass is 16.5. The van der Waals surface area contributed by atoms with E-state index < -0.39 is 5.91 Å². The Bertz CT molecular complexity index is 386. The number of anilines is 1. The summed E-state index contributed by atoms with van der Waals surface area (Å²) in [6, 6.07) is 4.86. The van der Waals surface area contributed by atoms with Gasteiger partial charge in [-0.3, -0.25) is 4.79 Å². The number of hydrogen-bond acceptors (Lipinski definition) is 3. The van der Waals surface area contributed by atoms with Crippen LogP contribution in [-0.4, -0.2) is 12.0 Å². The van der Waals surface area contributed by atoms with Crippen LogP contribution >= 0.6 is 0 Å². The van der Waals surface area contributed by atoms with E-state index in [1.165, 1.54) is 6.42 Å². The molecule has 0 saturated heterocycles. The molecule has 0 aliphatic heterocycles. The van der Waals surface area contributed by atoms with Crippen LogP contribution < -0.4 is 16.2 Å². The lowest BCUT2D eigenvalue weighted by molar-refractivity contribution is 0.0996. The van der Waals surface area contributed by atoms with E-state index in [1.54, 1.807) is 18.2 Å². The van der Waals surface area contributed by atoms with E-state index >= 15 is 0 Å². The van der Waals surface area contributed by atoms with Crippen molar-refractivity contribution >= 4 is 11.6 Å². The molecular formula is C11H14N2O2. The number of carbonyl (C=O) groups is 1. The minimum Gasteiger partial charge on any atom is -0.488 e. The Morgan fingerprint density at radius 1 is 1.40 bits per heavy atom. The molecule has 0 bridgehead atoms. The molecule has 1 saturated carbocycles. The average Bonchev–Trinajstić information content (AvgIpc) is 2.13. The highest BCUT2D eigenvalue weighted by Crippen LogP contribution is 2.29. The van der Waals surface area contributed by atoms with Gasteiger partial charge in [-0.15, -0.1) is 0 Å². The van der Waals surface area contributed by atoms with E-state index in [9.17, 15) is 4.79 Å². The zero-order valence-electron chi connectivity index (χ0n) is 8.40. The van der Waals surface area contributed by atoms with Gasteiger partial charge in [0.15, 0.2) is 0 Å². The van der Waals surface area contributed by atoms with Crippen LogP contribution in [0, 0.1) is 0 Å². The molecule has 0 unspecified atom stereocenters. The summed E-state index contributed by atoms with van der Waals surface area (Å²) >= 11 is 0. The summed E-state index contributed by atoms with van der Waals surface area (Å²) in [7, 11) is 0. The summed E-state index contributed by atoms with van der Waals surface area (Å²) in [6.07, 6.45) is 3.55. The minimum absolute atomic E-state index is 0.246. The third-order valence-corrected chi connectivity index (χ3v) is 2.64. The lowest BCUT2D eigenvalue weighted by Gasteiger charge is -2.27. The third-order valence-electron chi connectivity index (χ3n) is 2.64. The van der Waals surface area contributed by atoms with Gasteiger partial charge in [-0.1, -0.05) is 0 Å². The van der Waals surface area contributed by atoms with Crippen LogP contribution in [0.15, 0.2) is 18.2 Å². The van der Waals surface area contributed by atoms with Gasteiger partial charge in [0.05, 0.1) is 11.8 Å². The summed E-state index contributed by atoms with van der Waals surface area (Å²) in [4.78, 5) is 11.0. The summed E-state index contributed by atoms with van der Waals surface area (Å²) in [6.45, 7) is 0. The van der Waals surface area contributed by atoms with Crippen molar-refractivity contribution in [1.82, 2.24) is 0 Å². The molecule has 0 aromatic heterocycles. The molecule has 0 spiro atoms. The number of hydrogen-bond donors (Lipinski definition) is 2. The molecule has 15 heavy (non-hydrogen) atoms. The number of nitrogens with two attached hydrogens (primary N) is 2. The van der Waals surface area contributed by atoms with E-state index in [0.29, 0.717) is 17.0 Å². The Hall–Kier alpha value is -1.71. The largest absolute Gasteiger partial charge is 0.488 e. The molecule has 1 aliphatic carbocycles. The van der Waals surface area contributed by atoms with E-state index in [4.69, 9.17) is 16.2 Å². The van der Waals surface area contributed by atoms with Crippen molar-refractivity contribution in [3.63, 3.8) is 0 Å². The molecular weight excluding hydrogens is 192 g/mol. The normalized spacial score (nSPS) is 15.7. The van der Waals surface area contributed by atoms with Crippen molar-refractivity contribution < 1.29 is 9.53 Å². The van der Waals surface area contributed by atoms with Crippen LogP contribution in [0.25, 0.3) is 0 Å². The molecule has 0 atom stereocenters. The number of rotatable bonds is 3. The molecule has 1 aliphatic rings. The fourth-order valence-corrected chi connectivity index (χ4v) is 1.46. The van der Waals surface area contributed by atoms with Crippen molar-refractivity contribution in [3.8, 4) is 5.75 Å². The topological polar surface area (TPSA) is 78.3 Å². The Morgan fingerprint density at radius 3 is 2.67 bits per heavy atom. The maximum absolute atomic E-state index is 11.0. The number of benzene rings is 1. The van der Waals surface area contributed by atoms with Crippen molar-refractivity contribution in [1.29, 1.82) is 0 Å². The van der Waals surface area contributed by atoms with Crippen LogP contribution in [0.3, 0.4) is 0 Å². The molecule has 0 radical (unpaired) electrons. The van der Waals surface area contributed by atoms with Crippen molar-refractivity contribution in [2.24, 2.45) is 5.73 Å². The first-order valence-electron chi connectivity index (χ1n) is 5.03. The fraction of sp³-hybridized carbons (Fsp3) is 0.364. The summed E-state index contributed by atoms with van der Waals surface area (Å²) in [5.74, 6) is 0.101. The van der Waals surface area contributed by atoms with Crippen LogP contribution in [0.2, 0.25) is 0 Å². The van der Waals surface area contributed by atoms with Crippen molar-refractivity contribution in [3.05, 3.63) is 23.8 Å². The predicted molar refractivity (Wildman–Crippen MR) is 57.6 cm³/mol. The highest BCUT2D eigenvalue weighted by molar-refractivity contribution is 5.93. The van der Waals surface area contributed by atoms with E-state index in [0.717, 1.165) is 12.8 Å². The van der Waals surface area contributed by atoms with E-state index in [2.05, 4.69) is 0 Å². The third kappa shape index (κ3) is 2.03. The van der Waals surface area contributed by atoms with Gasteiger partial charge in [-0.05, 0) is 37.5 Å². The number of carbonyl (C=O) groups excluding carboxylic acids is 1. The van der Waals surface area contributed by atoms with Crippen molar-refractivity contribution in [2.45, 2.75) is 25.4 Å². The quantitative estimate of drug-likeness (QED) is 0.731. The van der Waals surface area contributed by atoms with Crippen LogP contribution in [0.4, 0.5) is 5.69 Å². The van der Waals surface area contributed by atoms with Gasteiger partial charge >= 0.3 is 0 Å². The molecule has 1 aromatic rings.